The summed E-state index contributed by atoms with van der Waals surface area (Å²) in [6, 6.07) is 14.5. The molecule has 2 aromatic heterocycles. The fourth-order valence-corrected chi connectivity index (χ4v) is 3.82. The van der Waals surface area contributed by atoms with Crippen LogP contribution in [-0.2, 0) is 6.54 Å². The van der Waals surface area contributed by atoms with Crippen LogP contribution in [0.1, 0.15) is 34.1 Å². The summed E-state index contributed by atoms with van der Waals surface area (Å²) in [7, 11) is 0. The molecule has 1 unspecified atom stereocenters. The maximum Gasteiger partial charge on any atom is 0.272 e. The molecular weight excluding hydrogens is 370 g/mol. The van der Waals surface area contributed by atoms with Crippen molar-refractivity contribution in [2.45, 2.75) is 19.1 Å². The fraction of sp³-hybridized carbons (Fsp3) is 0.150. The molecule has 0 fully saturated rings. The first-order valence-electron chi connectivity index (χ1n) is 9.05. The van der Waals surface area contributed by atoms with Crippen LogP contribution in [0, 0.1) is 11.3 Å². The molecule has 5 rings (SSSR count). The van der Waals surface area contributed by atoms with Crippen molar-refractivity contribution in [2.24, 2.45) is 0 Å². The number of aliphatic hydroxyl groups excluding tert-OH is 1. The van der Waals surface area contributed by atoms with E-state index >= 15 is 0 Å². The summed E-state index contributed by atoms with van der Waals surface area (Å²) in [6.45, 7) is 0.551. The van der Waals surface area contributed by atoms with Crippen LogP contribution >= 0.6 is 0 Å². The second-order valence-electron chi connectivity index (χ2n) is 6.83. The molecule has 9 heteroatoms. The van der Waals surface area contributed by atoms with Gasteiger partial charge in [0.1, 0.15) is 5.69 Å². The van der Waals surface area contributed by atoms with Gasteiger partial charge in [0.2, 0.25) is 5.82 Å². The van der Waals surface area contributed by atoms with Crippen LogP contribution in [0.2, 0.25) is 0 Å². The van der Waals surface area contributed by atoms with Crippen molar-refractivity contribution in [3.8, 4) is 17.5 Å². The number of tetrazole rings is 1. The second-order valence-corrected chi connectivity index (χ2v) is 6.83. The number of aromatic nitrogens is 5. The van der Waals surface area contributed by atoms with Crippen molar-refractivity contribution < 1.29 is 9.90 Å². The number of aliphatic hydroxyl groups is 1. The lowest BCUT2D eigenvalue weighted by atomic mass is 10.0. The Morgan fingerprint density at radius 3 is 3.00 bits per heavy atom. The van der Waals surface area contributed by atoms with Crippen molar-refractivity contribution in [1.29, 1.82) is 5.26 Å². The Labute approximate surface area is 164 Å². The summed E-state index contributed by atoms with van der Waals surface area (Å²) in [5.74, 6) is -0.0116. The Morgan fingerprint density at radius 2 is 2.21 bits per heavy atom. The SMILES string of the molecule is N#Cc1ccc(NC(=O)c2cc3cccc4c3n2CCC4O)c(-c2nn[nH]n2)c1. The Hall–Kier alpha value is -4.03. The molecule has 142 valence electrons. The number of amides is 1. The van der Waals surface area contributed by atoms with Gasteiger partial charge in [-0.2, -0.15) is 10.5 Å². The molecule has 3 N–H and O–H groups in total. The highest BCUT2D eigenvalue weighted by atomic mass is 16.3. The van der Waals surface area contributed by atoms with E-state index in [0.29, 0.717) is 35.5 Å². The number of nitrogens with zero attached hydrogens (tertiary/aromatic N) is 5. The van der Waals surface area contributed by atoms with Gasteiger partial charge in [0.15, 0.2) is 0 Å². The van der Waals surface area contributed by atoms with Crippen LogP contribution in [0.25, 0.3) is 22.3 Å². The number of hydrogen-bond acceptors (Lipinski definition) is 6. The Bertz CT molecular complexity index is 1280. The minimum Gasteiger partial charge on any atom is -0.388 e. The molecule has 1 amide bonds. The van der Waals surface area contributed by atoms with Gasteiger partial charge in [-0.25, -0.2) is 0 Å². The number of hydrogen-bond donors (Lipinski definition) is 3. The van der Waals surface area contributed by atoms with Gasteiger partial charge in [-0.1, -0.05) is 18.2 Å². The molecule has 0 spiro atoms. The zero-order valence-electron chi connectivity index (χ0n) is 15.1. The van der Waals surface area contributed by atoms with E-state index in [9.17, 15) is 15.2 Å². The fourth-order valence-electron chi connectivity index (χ4n) is 3.82. The van der Waals surface area contributed by atoms with Crippen molar-refractivity contribution in [3.05, 3.63) is 59.3 Å². The van der Waals surface area contributed by atoms with E-state index < -0.39 is 6.10 Å². The molecule has 29 heavy (non-hydrogen) atoms. The van der Waals surface area contributed by atoms with Crippen molar-refractivity contribution in [1.82, 2.24) is 25.2 Å². The van der Waals surface area contributed by atoms with E-state index in [1.807, 2.05) is 28.8 Å². The van der Waals surface area contributed by atoms with Gasteiger partial charge in [-0.15, -0.1) is 10.2 Å². The average Bonchev–Trinajstić information content (AvgIpc) is 3.40. The van der Waals surface area contributed by atoms with Crippen LogP contribution in [-0.4, -0.2) is 36.2 Å². The molecule has 1 atom stereocenters. The summed E-state index contributed by atoms with van der Waals surface area (Å²) in [5.41, 5.74) is 3.61. The van der Waals surface area contributed by atoms with E-state index in [-0.39, 0.29) is 11.7 Å². The Morgan fingerprint density at radius 1 is 1.31 bits per heavy atom. The van der Waals surface area contributed by atoms with Crippen molar-refractivity contribution in [3.63, 3.8) is 0 Å². The van der Waals surface area contributed by atoms with Crippen LogP contribution in [0.5, 0.6) is 0 Å². The van der Waals surface area contributed by atoms with E-state index in [1.165, 1.54) is 0 Å². The van der Waals surface area contributed by atoms with Crippen LogP contribution in [0.3, 0.4) is 0 Å². The number of para-hydroxylation sites is 1. The van der Waals surface area contributed by atoms with E-state index in [1.54, 1.807) is 18.2 Å². The third-order valence-corrected chi connectivity index (χ3v) is 5.15. The molecule has 1 aliphatic rings. The second kappa shape index (κ2) is 6.54. The number of rotatable bonds is 3. The lowest BCUT2D eigenvalue weighted by Crippen LogP contribution is -2.21. The number of nitriles is 1. The number of anilines is 1. The topological polar surface area (TPSA) is 133 Å². The van der Waals surface area contributed by atoms with Crippen LogP contribution in [0.15, 0.2) is 42.5 Å². The molecule has 0 bridgehead atoms. The highest BCUT2D eigenvalue weighted by Crippen LogP contribution is 2.34. The number of carbonyl (C=O) groups is 1. The smallest absolute Gasteiger partial charge is 0.272 e. The molecule has 3 heterocycles. The third-order valence-electron chi connectivity index (χ3n) is 5.15. The highest BCUT2D eigenvalue weighted by Gasteiger charge is 2.25. The van der Waals surface area contributed by atoms with Crippen LogP contribution < -0.4 is 5.32 Å². The Balaban J connectivity index is 1.57. The molecule has 0 aliphatic carbocycles. The predicted molar refractivity (Wildman–Crippen MR) is 104 cm³/mol. The lowest BCUT2D eigenvalue weighted by molar-refractivity contribution is 0.101. The zero-order chi connectivity index (χ0) is 20.0. The first-order chi connectivity index (χ1) is 14.2. The van der Waals surface area contributed by atoms with Gasteiger partial charge in [0, 0.05) is 23.1 Å². The summed E-state index contributed by atoms with van der Waals surface area (Å²) < 4.78 is 1.93. The molecule has 0 saturated carbocycles. The van der Waals surface area contributed by atoms with E-state index in [4.69, 9.17) is 0 Å². The number of aromatic amines is 1. The van der Waals surface area contributed by atoms with E-state index in [0.717, 1.165) is 16.5 Å². The largest absolute Gasteiger partial charge is 0.388 e. The van der Waals surface area contributed by atoms with Crippen LogP contribution in [0.4, 0.5) is 5.69 Å². The quantitative estimate of drug-likeness (QED) is 0.496. The van der Waals surface area contributed by atoms with Crippen molar-refractivity contribution >= 4 is 22.5 Å². The van der Waals surface area contributed by atoms with Crippen molar-refractivity contribution in [2.75, 3.05) is 5.32 Å². The number of nitrogens with one attached hydrogen (secondary N) is 2. The molecular formula is C20H15N7O2. The predicted octanol–water partition coefficient (Wildman–Crippen LogP) is 2.38. The van der Waals surface area contributed by atoms with Gasteiger partial charge < -0.3 is 15.0 Å². The number of H-pyrrole nitrogens is 1. The van der Waals surface area contributed by atoms with Gasteiger partial charge in [-0.3, -0.25) is 4.79 Å². The Kier molecular flexibility index (Phi) is 3.86. The summed E-state index contributed by atoms with van der Waals surface area (Å²) in [6.07, 6.45) is 0.0202. The molecule has 9 nitrogen and oxygen atoms in total. The maximum absolute atomic E-state index is 13.1. The van der Waals surface area contributed by atoms with Gasteiger partial charge in [-0.05, 0) is 35.9 Å². The zero-order valence-corrected chi connectivity index (χ0v) is 15.1. The maximum atomic E-state index is 13.1. The van der Waals surface area contributed by atoms with Gasteiger partial charge in [0.05, 0.1) is 28.9 Å². The van der Waals surface area contributed by atoms with Gasteiger partial charge in [0.25, 0.3) is 5.91 Å². The highest BCUT2D eigenvalue weighted by molar-refractivity contribution is 6.08. The minimum atomic E-state index is -0.527. The molecule has 0 saturated heterocycles. The first-order valence-corrected chi connectivity index (χ1v) is 9.05. The van der Waals surface area contributed by atoms with E-state index in [2.05, 4.69) is 32.0 Å². The third kappa shape index (κ3) is 2.74. The number of carbonyl (C=O) groups excluding carboxylic acids is 1. The number of benzene rings is 2. The lowest BCUT2D eigenvalue weighted by Gasteiger charge is -2.22. The molecule has 0 radical (unpaired) electrons. The summed E-state index contributed by atoms with van der Waals surface area (Å²) >= 11 is 0. The molecule has 1 aliphatic heterocycles. The normalized spacial score (nSPS) is 15.2. The monoisotopic (exact) mass is 385 g/mol. The summed E-state index contributed by atoms with van der Waals surface area (Å²) in [4.78, 5) is 13.1. The molecule has 4 aromatic rings. The van der Waals surface area contributed by atoms with Gasteiger partial charge >= 0.3 is 0 Å². The standard InChI is InChI=1S/C20H15N7O2/c21-10-11-4-5-15(14(8-11)19-23-25-26-24-19)22-20(29)16-9-12-2-1-3-13-17(28)6-7-27(16)18(12)13/h1-5,8-9,17,28H,6-7H2,(H,22,29)(H,23,24,25,26). The first kappa shape index (κ1) is 17.1. The summed E-state index contributed by atoms with van der Waals surface area (Å²) in [5, 5.41) is 37.1. The average molecular weight is 385 g/mol. The molecule has 2 aromatic carbocycles. The number of aryl methyl sites for hydroxylation is 1. The minimum absolute atomic E-state index is 0.282.